The predicted molar refractivity (Wildman–Crippen MR) is 109 cm³/mol. The smallest absolute Gasteiger partial charge is 0.253 e. The van der Waals surface area contributed by atoms with E-state index in [2.05, 4.69) is 45.4 Å². The van der Waals surface area contributed by atoms with Gasteiger partial charge in [-0.25, -0.2) is 0 Å². The van der Waals surface area contributed by atoms with Crippen LogP contribution in [0.1, 0.15) is 54.7 Å². The molecule has 2 amide bonds. The fraction of sp³-hybridized carbons (Fsp3) is 0.455. The van der Waals surface area contributed by atoms with E-state index in [-0.39, 0.29) is 23.9 Å². The second-order valence-corrected chi connectivity index (χ2v) is 7.82. The molecule has 148 valence electrons. The maximum Gasteiger partial charge on any atom is 0.253 e. The molecule has 4 rings (SSSR count). The number of nitrogens with zero attached hydrogens (tertiary/aromatic N) is 2. The van der Waals surface area contributed by atoms with Gasteiger partial charge in [-0.15, -0.1) is 0 Å². The van der Waals surface area contributed by atoms with Gasteiger partial charge in [-0.1, -0.05) is 25.0 Å². The van der Waals surface area contributed by atoms with Crippen molar-refractivity contribution in [2.24, 2.45) is 0 Å². The number of carbonyl (C=O) groups excluding carboxylic acids is 2. The molecule has 1 fully saturated rings. The molecule has 2 N–H and O–H groups in total. The van der Waals surface area contributed by atoms with E-state index in [4.69, 9.17) is 0 Å². The topological polar surface area (TPSA) is 66.4 Å². The number of aromatic nitrogens is 1. The van der Waals surface area contributed by atoms with E-state index in [0.717, 1.165) is 25.9 Å². The molecule has 1 atom stereocenters. The van der Waals surface area contributed by atoms with Crippen molar-refractivity contribution in [2.45, 2.75) is 51.2 Å². The molecule has 6 heteroatoms. The lowest BCUT2D eigenvalue weighted by Gasteiger charge is -2.34. The minimum absolute atomic E-state index is 0.0898. The number of para-hydroxylation sites is 1. The Balaban J connectivity index is 1.40. The molecule has 2 heterocycles. The number of nitrogens with one attached hydrogen (secondary N) is 2. The van der Waals surface area contributed by atoms with Gasteiger partial charge in [0.05, 0.1) is 17.8 Å². The van der Waals surface area contributed by atoms with Gasteiger partial charge in [0.1, 0.15) is 0 Å². The van der Waals surface area contributed by atoms with Crippen molar-refractivity contribution in [3.8, 4) is 0 Å². The van der Waals surface area contributed by atoms with Crippen molar-refractivity contribution in [1.82, 2.24) is 14.8 Å². The molecule has 0 unspecified atom stereocenters. The summed E-state index contributed by atoms with van der Waals surface area (Å²) in [6.45, 7) is 4.16. The van der Waals surface area contributed by atoms with Crippen LogP contribution >= 0.6 is 0 Å². The van der Waals surface area contributed by atoms with Gasteiger partial charge in [0.25, 0.3) is 5.91 Å². The van der Waals surface area contributed by atoms with Crippen LogP contribution < -0.4 is 10.6 Å². The predicted octanol–water partition coefficient (Wildman–Crippen LogP) is 3.18. The number of rotatable bonds is 5. The Labute approximate surface area is 165 Å². The molecule has 1 aliphatic heterocycles. The first-order valence-electron chi connectivity index (χ1n) is 10.2. The van der Waals surface area contributed by atoms with Crippen molar-refractivity contribution < 1.29 is 9.59 Å². The Bertz CT molecular complexity index is 854. The van der Waals surface area contributed by atoms with Crippen molar-refractivity contribution in [1.29, 1.82) is 0 Å². The number of hydrogen-bond donors (Lipinski definition) is 2. The van der Waals surface area contributed by atoms with E-state index in [0.29, 0.717) is 17.8 Å². The summed E-state index contributed by atoms with van der Waals surface area (Å²) in [5.74, 6) is -0.194. The highest BCUT2D eigenvalue weighted by atomic mass is 16.2. The van der Waals surface area contributed by atoms with Gasteiger partial charge in [-0.05, 0) is 44.0 Å². The minimum atomic E-state index is -0.105. The highest BCUT2D eigenvalue weighted by Gasteiger charge is 2.26. The van der Waals surface area contributed by atoms with Crippen molar-refractivity contribution in [3.05, 3.63) is 53.9 Å². The first kappa shape index (κ1) is 18.7. The van der Waals surface area contributed by atoms with Gasteiger partial charge in [0, 0.05) is 37.1 Å². The Morgan fingerprint density at radius 3 is 2.68 bits per heavy atom. The molecular weight excluding hydrogens is 352 g/mol. The summed E-state index contributed by atoms with van der Waals surface area (Å²) < 4.78 is 2.24. The number of benzene rings is 1. The molecule has 0 saturated heterocycles. The van der Waals surface area contributed by atoms with Crippen LogP contribution in [0.3, 0.4) is 0 Å². The van der Waals surface area contributed by atoms with Crippen molar-refractivity contribution in [3.63, 3.8) is 0 Å². The first-order valence-corrected chi connectivity index (χ1v) is 10.2. The van der Waals surface area contributed by atoms with Crippen LogP contribution in [0.2, 0.25) is 0 Å². The third kappa shape index (κ3) is 3.97. The number of amides is 2. The lowest BCUT2D eigenvalue weighted by molar-refractivity contribution is -0.118. The summed E-state index contributed by atoms with van der Waals surface area (Å²) in [5, 5.41) is 6.06. The lowest BCUT2D eigenvalue weighted by atomic mass is 10.1. The fourth-order valence-electron chi connectivity index (χ4n) is 4.34. The van der Waals surface area contributed by atoms with Gasteiger partial charge >= 0.3 is 0 Å². The SMILES string of the molecule is C[C@@H]1c2cccn2CCN1CC(=O)Nc1ccccc1C(=O)NC1CCCC1. The number of fused-ring (bicyclic) bond motifs is 1. The van der Waals surface area contributed by atoms with Crippen LogP contribution in [0, 0.1) is 0 Å². The van der Waals surface area contributed by atoms with E-state index in [9.17, 15) is 9.59 Å². The maximum atomic E-state index is 12.7. The summed E-state index contributed by atoms with van der Waals surface area (Å²) >= 11 is 0. The van der Waals surface area contributed by atoms with Crippen LogP contribution in [0.25, 0.3) is 0 Å². The zero-order valence-corrected chi connectivity index (χ0v) is 16.4. The fourth-order valence-corrected chi connectivity index (χ4v) is 4.34. The molecule has 1 aromatic carbocycles. The summed E-state index contributed by atoms with van der Waals surface area (Å²) in [6.07, 6.45) is 6.49. The van der Waals surface area contributed by atoms with Gasteiger partial charge < -0.3 is 15.2 Å². The lowest BCUT2D eigenvalue weighted by Crippen LogP contribution is -2.41. The Morgan fingerprint density at radius 1 is 1.07 bits per heavy atom. The Hall–Kier alpha value is -2.60. The largest absolute Gasteiger partial charge is 0.349 e. The molecule has 1 saturated carbocycles. The highest BCUT2D eigenvalue weighted by molar-refractivity contribution is 6.04. The summed E-state index contributed by atoms with van der Waals surface area (Å²) in [4.78, 5) is 27.6. The van der Waals surface area contributed by atoms with Crippen LogP contribution in [0.15, 0.2) is 42.6 Å². The second kappa shape index (κ2) is 8.19. The Kier molecular flexibility index (Phi) is 5.48. The summed E-state index contributed by atoms with van der Waals surface area (Å²) in [7, 11) is 0. The van der Waals surface area contributed by atoms with Crippen molar-refractivity contribution >= 4 is 17.5 Å². The zero-order chi connectivity index (χ0) is 19.5. The first-order chi connectivity index (χ1) is 13.6. The normalized spacial score (nSPS) is 20.0. The van der Waals surface area contributed by atoms with Gasteiger partial charge in [-0.2, -0.15) is 0 Å². The zero-order valence-electron chi connectivity index (χ0n) is 16.4. The summed E-state index contributed by atoms with van der Waals surface area (Å²) in [5.41, 5.74) is 2.34. The molecule has 0 spiro atoms. The molecular formula is C22H28N4O2. The molecule has 0 bridgehead atoms. The van der Waals surface area contributed by atoms with E-state index in [1.807, 2.05) is 12.1 Å². The number of carbonyl (C=O) groups is 2. The maximum absolute atomic E-state index is 12.7. The average Bonchev–Trinajstić information content (AvgIpc) is 3.36. The molecule has 1 aliphatic carbocycles. The molecule has 1 aromatic heterocycles. The minimum Gasteiger partial charge on any atom is -0.349 e. The molecule has 2 aromatic rings. The highest BCUT2D eigenvalue weighted by Crippen LogP contribution is 2.25. The summed E-state index contributed by atoms with van der Waals surface area (Å²) in [6, 6.07) is 11.9. The van der Waals surface area contributed by atoms with E-state index >= 15 is 0 Å². The van der Waals surface area contributed by atoms with Crippen LogP contribution in [0.4, 0.5) is 5.69 Å². The average molecular weight is 380 g/mol. The molecule has 2 aliphatic rings. The van der Waals surface area contributed by atoms with Gasteiger partial charge in [0.15, 0.2) is 0 Å². The molecule has 0 radical (unpaired) electrons. The van der Waals surface area contributed by atoms with Crippen molar-refractivity contribution in [2.75, 3.05) is 18.4 Å². The third-order valence-electron chi connectivity index (χ3n) is 5.95. The number of hydrogen-bond acceptors (Lipinski definition) is 3. The van der Waals surface area contributed by atoms with Crippen LogP contribution in [-0.4, -0.2) is 40.4 Å². The van der Waals surface area contributed by atoms with Gasteiger partial charge in [-0.3, -0.25) is 14.5 Å². The van der Waals surface area contributed by atoms with Gasteiger partial charge in [0.2, 0.25) is 5.91 Å². The monoisotopic (exact) mass is 380 g/mol. The molecule has 6 nitrogen and oxygen atoms in total. The quantitative estimate of drug-likeness (QED) is 0.837. The third-order valence-corrected chi connectivity index (χ3v) is 5.95. The standard InChI is InChI=1S/C22H28N4O2/c1-16-20-11-6-12-25(20)13-14-26(16)15-21(27)24-19-10-5-4-9-18(19)22(28)23-17-7-2-3-8-17/h4-6,9-12,16-17H,2-3,7-8,13-15H2,1H3,(H,23,28)(H,24,27)/t16-/m1/s1. The van der Waals surface area contributed by atoms with E-state index < -0.39 is 0 Å². The number of anilines is 1. The Morgan fingerprint density at radius 2 is 1.86 bits per heavy atom. The molecule has 28 heavy (non-hydrogen) atoms. The van der Waals surface area contributed by atoms with Crippen LogP contribution in [0.5, 0.6) is 0 Å². The van der Waals surface area contributed by atoms with E-state index in [1.54, 1.807) is 12.1 Å². The van der Waals surface area contributed by atoms with E-state index in [1.165, 1.54) is 18.5 Å². The second-order valence-electron chi connectivity index (χ2n) is 7.82. The van der Waals surface area contributed by atoms with Crippen LogP contribution in [-0.2, 0) is 11.3 Å².